The summed E-state index contributed by atoms with van der Waals surface area (Å²) in [5, 5.41) is 2.92. The second kappa shape index (κ2) is 3.85. The van der Waals surface area contributed by atoms with E-state index < -0.39 is 0 Å². The Morgan fingerprint density at radius 1 is 1.80 bits per heavy atom. The van der Waals surface area contributed by atoms with Gasteiger partial charge in [-0.1, -0.05) is 6.08 Å². The van der Waals surface area contributed by atoms with Crippen LogP contribution in [0.2, 0.25) is 0 Å². The Labute approximate surface area is 71.9 Å². The summed E-state index contributed by atoms with van der Waals surface area (Å²) < 4.78 is 0.883. The van der Waals surface area contributed by atoms with E-state index in [1.807, 2.05) is 17.5 Å². The van der Waals surface area contributed by atoms with Crippen molar-refractivity contribution >= 4 is 33.3 Å². The van der Waals surface area contributed by atoms with E-state index in [1.165, 1.54) is 0 Å². The Bertz CT molecular complexity index is 231. The van der Waals surface area contributed by atoms with E-state index in [4.69, 9.17) is 5.73 Å². The summed E-state index contributed by atoms with van der Waals surface area (Å²) in [4.78, 5) is 4.14. The standard InChI is InChI=1S/C6H7BrN2S/c7-5-4-10-6(9-5)2-1-3-8/h1-2,4H,3,8H2. The van der Waals surface area contributed by atoms with Crippen molar-refractivity contribution in [3.8, 4) is 0 Å². The van der Waals surface area contributed by atoms with Crippen molar-refractivity contribution < 1.29 is 0 Å². The van der Waals surface area contributed by atoms with Gasteiger partial charge >= 0.3 is 0 Å². The Kier molecular flexibility index (Phi) is 3.05. The third-order valence-corrected chi connectivity index (χ3v) is 2.41. The molecule has 10 heavy (non-hydrogen) atoms. The molecule has 0 amide bonds. The Morgan fingerprint density at radius 3 is 3.10 bits per heavy atom. The first kappa shape index (κ1) is 7.91. The highest BCUT2D eigenvalue weighted by atomic mass is 79.9. The molecular formula is C6H7BrN2S. The zero-order valence-corrected chi connectivity index (χ0v) is 7.65. The third-order valence-electron chi connectivity index (χ3n) is 0.890. The first-order chi connectivity index (χ1) is 4.83. The van der Waals surface area contributed by atoms with Gasteiger partial charge in [-0.25, -0.2) is 4.98 Å². The van der Waals surface area contributed by atoms with E-state index in [9.17, 15) is 0 Å². The lowest BCUT2D eigenvalue weighted by Gasteiger charge is -1.79. The van der Waals surface area contributed by atoms with Crippen molar-refractivity contribution in [3.63, 3.8) is 0 Å². The van der Waals surface area contributed by atoms with Gasteiger partial charge in [-0.05, 0) is 22.0 Å². The van der Waals surface area contributed by atoms with Crippen LogP contribution < -0.4 is 5.73 Å². The van der Waals surface area contributed by atoms with Gasteiger partial charge in [0, 0.05) is 11.9 Å². The van der Waals surface area contributed by atoms with E-state index in [1.54, 1.807) is 11.3 Å². The molecule has 2 nitrogen and oxygen atoms in total. The van der Waals surface area contributed by atoms with Crippen LogP contribution in [-0.2, 0) is 0 Å². The van der Waals surface area contributed by atoms with Gasteiger partial charge in [-0.15, -0.1) is 11.3 Å². The van der Waals surface area contributed by atoms with Crippen LogP contribution in [0.1, 0.15) is 5.01 Å². The van der Waals surface area contributed by atoms with Crippen molar-refractivity contribution in [3.05, 3.63) is 21.1 Å². The number of rotatable bonds is 2. The molecule has 1 heterocycles. The normalized spacial score (nSPS) is 11.0. The fourth-order valence-electron chi connectivity index (χ4n) is 0.512. The molecule has 0 aliphatic heterocycles. The Morgan fingerprint density at radius 2 is 2.60 bits per heavy atom. The number of nitrogens with zero attached hydrogens (tertiary/aromatic N) is 1. The number of hydrogen-bond acceptors (Lipinski definition) is 3. The number of thiazole rings is 1. The van der Waals surface area contributed by atoms with Crippen molar-refractivity contribution in [2.24, 2.45) is 5.73 Å². The molecule has 1 aromatic heterocycles. The Hall–Kier alpha value is -0.190. The molecular weight excluding hydrogens is 212 g/mol. The highest BCUT2D eigenvalue weighted by Gasteiger charge is 1.91. The summed E-state index contributed by atoms with van der Waals surface area (Å²) in [5.41, 5.74) is 5.26. The van der Waals surface area contributed by atoms with Crippen molar-refractivity contribution in [2.75, 3.05) is 6.54 Å². The topological polar surface area (TPSA) is 38.9 Å². The fourth-order valence-corrected chi connectivity index (χ4v) is 1.70. The molecule has 0 aliphatic carbocycles. The zero-order chi connectivity index (χ0) is 7.40. The average molecular weight is 219 g/mol. The van der Waals surface area contributed by atoms with Gasteiger partial charge in [0.05, 0.1) is 0 Å². The summed E-state index contributed by atoms with van der Waals surface area (Å²) in [6.07, 6.45) is 3.79. The molecule has 0 fully saturated rings. The molecule has 0 bridgehead atoms. The third kappa shape index (κ3) is 2.21. The summed E-state index contributed by atoms with van der Waals surface area (Å²) in [6.45, 7) is 0.567. The molecule has 0 saturated heterocycles. The SMILES string of the molecule is NCC=Cc1nc(Br)cs1. The average Bonchev–Trinajstić information content (AvgIpc) is 2.31. The molecule has 0 radical (unpaired) electrons. The van der Waals surface area contributed by atoms with E-state index in [-0.39, 0.29) is 0 Å². The maximum atomic E-state index is 5.26. The smallest absolute Gasteiger partial charge is 0.117 e. The molecule has 0 spiro atoms. The highest BCUT2D eigenvalue weighted by molar-refractivity contribution is 9.10. The second-order valence-corrected chi connectivity index (χ2v) is 3.35. The van der Waals surface area contributed by atoms with Gasteiger partial charge in [0.25, 0.3) is 0 Å². The first-order valence-corrected chi connectivity index (χ1v) is 4.48. The minimum Gasteiger partial charge on any atom is -0.327 e. The van der Waals surface area contributed by atoms with Crippen LogP contribution in [0.25, 0.3) is 6.08 Å². The lowest BCUT2D eigenvalue weighted by Crippen LogP contribution is -1.91. The highest BCUT2D eigenvalue weighted by Crippen LogP contribution is 2.15. The molecule has 0 aliphatic rings. The van der Waals surface area contributed by atoms with Gasteiger partial charge in [0.15, 0.2) is 0 Å². The van der Waals surface area contributed by atoms with Gasteiger partial charge in [-0.3, -0.25) is 0 Å². The molecule has 1 aromatic rings. The first-order valence-electron chi connectivity index (χ1n) is 2.80. The predicted octanol–water partition coefficient (Wildman–Crippen LogP) is 1.88. The molecule has 1 rings (SSSR count). The fraction of sp³-hybridized carbons (Fsp3) is 0.167. The van der Waals surface area contributed by atoms with Crippen molar-refractivity contribution in [2.45, 2.75) is 0 Å². The Balaban J connectivity index is 2.67. The summed E-state index contributed by atoms with van der Waals surface area (Å²) >= 11 is 4.85. The number of halogens is 1. The van der Waals surface area contributed by atoms with Crippen LogP contribution in [0.5, 0.6) is 0 Å². The molecule has 0 aromatic carbocycles. The lowest BCUT2D eigenvalue weighted by atomic mass is 10.5. The maximum absolute atomic E-state index is 5.26. The van der Waals surface area contributed by atoms with Crippen molar-refractivity contribution in [1.82, 2.24) is 4.98 Å². The molecule has 2 N–H and O–H groups in total. The number of aromatic nitrogens is 1. The number of nitrogens with two attached hydrogens (primary N) is 1. The lowest BCUT2D eigenvalue weighted by molar-refractivity contribution is 1.26. The van der Waals surface area contributed by atoms with E-state index in [0.29, 0.717) is 6.54 Å². The summed E-state index contributed by atoms with van der Waals surface area (Å²) in [6, 6.07) is 0. The van der Waals surface area contributed by atoms with Crippen LogP contribution in [0.4, 0.5) is 0 Å². The van der Waals surface area contributed by atoms with Crippen LogP contribution in [0, 0.1) is 0 Å². The van der Waals surface area contributed by atoms with Gasteiger partial charge in [0.1, 0.15) is 9.61 Å². The quantitative estimate of drug-likeness (QED) is 0.824. The molecule has 0 atom stereocenters. The van der Waals surface area contributed by atoms with Crippen LogP contribution in [-0.4, -0.2) is 11.5 Å². The zero-order valence-electron chi connectivity index (χ0n) is 5.25. The molecule has 54 valence electrons. The predicted molar refractivity (Wildman–Crippen MR) is 47.9 cm³/mol. The van der Waals surface area contributed by atoms with Crippen LogP contribution in [0.3, 0.4) is 0 Å². The molecule has 0 saturated carbocycles. The van der Waals surface area contributed by atoms with Crippen molar-refractivity contribution in [1.29, 1.82) is 0 Å². The molecule has 4 heteroatoms. The van der Waals surface area contributed by atoms with E-state index >= 15 is 0 Å². The summed E-state index contributed by atoms with van der Waals surface area (Å²) in [5.74, 6) is 0. The summed E-state index contributed by atoms with van der Waals surface area (Å²) in [7, 11) is 0. The minimum absolute atomic E-state index is 0.567. The number of hydrogen-bond donors (Lipinski definition) is 1. The van der Waals surface area contributed by atoms with Gasteiger partial charge in [0.2, 0.25) is 0 Å². The van der Waals surface area contributed by atoms with Crippen LogP contribution >= 0.6 is 27.3 Å². The maximum Gasteiger partial charge on any atom is 0.117 e. The largest absolute Gasteiger partial charge is 0.327 e. The van der Waals surface area contributed by atoms with Gasteiger partial charge < -0.3 is 5.73 Å². The van der Waals surface area contributed by atoms with Gasteiger partial charge in [-0.2, -0.15) is 0 Å². The second-order valence-electron chi connectivity index (χ2n) is 1.65. The molecule has 0 unspecified atom stereocenters. The monoisotopic (exact) mass is 218 g/mol. The van der Waals surface area contributed by atoms with E-state index in [2.05, 4.69) is 20.9 Å². The van der Waals surface area contributed by atoms with E-state index in [0.717, 1.165) is 9.61 Å². The van der Waals surface area contributed by atoms with Crippen LogP contribution in [0.15, 0.2) is 16.1 Å². The minimum atomic E-state index is 0.567.